The number of hydrogen-bond acceptors (Lipinski definition) is 1. The highest BCUT2D eigenvalue weighted by Crippen LogP contribution is 2.44. The van der Waals surface area contributed by atoms with E-state index in [1.807, 2.05) is 0 Å². The predicted molar refractivity (Wildman–Crippen MR) is 239 cm³/mol. The van der Waals surface area contributed by atoms with Gasteiger partial charge in [-0.1, -0.05) is 204 Å². The van der Waals surface area contributed by atoms with Gasteiger partial charge in [0.15, 0.2) is 0 Å². The van der Waals surface area contributed by atoms with Crippen LogP contribution >= 0.6 is 0 Å². The van der Waals surface area contributed by atoms with Crippen molar-refractivity contribution in [2.75, 3.05) is 0 Å². The highest BCUT2D eigenvalue weighted by atomic mass is 14.7. The molecule has 7 aromatic carbocycles. The molecule has 0 aliphatic heterocycles. The molecule has 0 bridgehead atoms. The molecule has 1 heterocycles. The van der Waals surface area contributed by atoms with Crippen molar-refractivity contribution < 1.29 is 0 Å². The molecule has 1 nitrogen and oxygen atoms in total. The van der Waals surface area contributed by atoms with Gasteiger partial charge in [-0.25, -0.2) is 0 Å². The Bertz CT molecular complexity index is 2450. The van der Waals surface area contributed by atoms with Gasteiger partial charge in [0, 0.05) is 11.1 Å². The maximum atomic E-state index is 4.78. The molecule has 0 fully saturated rings. The van der Waals surface area contributed by atoms with Gasteiger partial charge in [0.05, 0.1) is 5.52 Å². The highest BCUT2D eigenvalue weighted by Gasteiger charge is 2.17. The molecule has 0 saturated carbocycles. The second kappa shape index (κ2) is 17.3. The zero-order valence-corrected chi connectivity index (χ0v) is 32.7. The molecule has 0 radical (unpaired) electrons. The largest absolute Gasteiger partial charge is 0.253 e. The first-order valence-corrected chi connectivity index (χ1v) is 20.8. The summed E-state index contributed by atoms with van der Waals surface area (Å²) in [7, 11) is 0. The molecule has 0 atom stereocenters. The first kappa shape index (κ1) is 36.4. The fourth-order valence-corrected chi connectivity index (χ4v) is 8.62. The van der Waals surface area contributed by atoms with Crippen LogP contribution in [0.4, 0.5) is 0 Å². The van der Waals surface area contributed by atoms with Crippen LogP contribution < -0.4 is 0 Å². The lowest BCUT2D eigenvalue weighted by Crippen LogP contribution is -1.92. The summed E-state index contributed by atoms with van der Waals surface area (Å²) in [6.07, 6.45) is 15.0. The van der Waals surface area contributed by atoms with Crippen LogP contribution in [-0.4, -0.2) is 4.98 Å². The minimum absolute atomic E-state index is 1.03. The number of aromatic nitrogens is 1. The van der Waals surface area contributed by atoms with Crippen LogP contribution in [0.1, 0.15) is 82.4 Å². The number of fused-ring (bicyclic) bond motifs is 3. The van der Waals surface area contributed by atoms with Gasteiger partial charge in [0.2, 0.25) is 0 Å². The summed E-state index contributed by atoms with van der Waals surface area (Å²) in [6, 6.07) is 56.2. The number of aryl methyl sites for hydroxylation is 2. The van der Waals surface area contributed by atoms with E-state index in [1.165, 1.54) is 148 Å². The van der Waals surface area contributed by atoms with Crippen molar-refractivity contribution >= 4 is 32.4 Å². The van der Waals surface area contributed by atoms with Gasteiger partial charge in [0.25, 0.3) is 0 Å². The molecule has 1 aromatic heterocycles. The molecule has 0 aliphatic carbocycles. The summed E-state index contributed by atoms with van der Waals surface area (Å²) in [5.41, 5.74) is 13.5. The molecule has 8 rings (SSSR count). The van der Waals surface area contributed by atoms with E-state index in [0.717, 1.165) is 11.2 Å². The van der Waals surface area contributed by atoms with Gasteiger partial charge in [-0.15, -0.1) is 0 Å². The van der Waals surface area contributed by atoms with E-state index in [9.17, 15) is 0 Å². The van der Waals surface area contributed by atoms with E-state index in [4.69, 9.17) is 4.98 Å². The van der Waals surface area contributed by atoms with E-state index in [-0.39, 0.29) is 0 Å². The average molecular weight is 716 g/mol. The lowest BCUT2D eigenvalue weighted by molar-refractivity contribution is 0.556. The van der Waals surface area contributed by atoms with Crippen LogP contribution in [-0.2, 0) is 6.42 Å². The zero-order valence-electron chi connectivity index (χ0n) is 32.7. The van der Waals surface area contributed by atoms with Gasteiger partial charge in [0.1, 0.15) is 0 Å². The third-order valence-corrected chi connectivity index (χ3v) is 11.5. The van der Waals surface area contributed by atoms with Crippen molar-refractivity contribution in [1.29, 1.82) is 0 Å². The third-order valence-electron chi connectivity index (χ3n) is 11.5. The standard InChI is InChI=1S/C54H53N/c1-3-4-5-6-7-8-9-10-11-12-19-40-26-28-41(29-27-40)42-30-34-44(35-31-42)53-47-21-13-15-23-49(47)54(50-24-16-14-22-48(50)53)45-36-32-43(33-37-45)51-38-39(2)55-52-25-18-17-20-46(51)52/h13-18,20-38H,3-12,19H2,1-2H3. The van der Waals surface area contributed by atoms with E-state index < -0.39 is 0 Å². The lowest BCUT2D eigenvalue weighted by Gasteiger charge is -2.18. The molecule has 0 saturated heterocycles. The number of para-hydroxylation sites is 1. The molecule has 0 N–H and O–H groups in total. The van der Waals surface area contributed by atoms with E-state index >= 15 is 0 Å². The molecule has 0 amide bonds. The van der Waals surface area contributed by atoms with E-state index in [0.29, 0.717) is 0 Å². The average Bonchev–Trinajstić information content (AvgIpc) is 3.23. The normalized spacial score (nSPS) is 11.5. The third kappa shape index (κ3) is 8.13. The predicted octanol–water partition coefficient (Wildman–Crippen LogP) is 16.0. The number of hydrogen-bond donors (Lipinski definition) is 0. The second-order valence-electron chi connectivity index (χ2n) is 15.5. The van der Waals surface area contributed by atoms with Crippen molar-refractivity contribution in [2.45, 2.75) is 84.5 Å². The Balaban J connectivity index is 1.02. The van der Waals surface area contributed by atoms with Gasteiger partial charge < -0.3 is 0 Å². The first-order valence-electron chi connectivity index (χ1n) is 20.8. The van der Waals surface area contributed by atoms with Gasteiger partial charge >= 0.3 is 0 Å². The molecule has 274 valence electrons. The fraction of sp³-hybridized carbons (Fsp3) is 0.241. The Morgan fingerprint density at radius 1 is 0.382 bits per heavy atom. The minimum Gasteiger partial charge on any atom is -0.253 e. The van der Waals surface area contributed by atoms with Crippen molar-refractivity contribution in [1.82, 2.24) is 4.98 Å². The molecule has 55 heavy (non-hydrogen) atoms. The van der Waals surface area contributed by atoms with Crippen molar-refractivity contribution in [3.63, 3.8) is 0 Å². The number of rotatable bonds is 15. The maximum absolute atomic E-state index is 4.78. The molecule has 1 heteroatoms. The summed E-state index contributed by atoms with van der Waals surface area (Å²) in [6.45, 7) is 4.37. The number of nitrogens with zero attached hydrogens (tertiary/aromatic N) is 1. The summed E-state index contributed by atoms with van der Waals surface area (Å²) < 4.78 is 0. The van der Waals surface area contributed by atoms with Gasteiger partial charge in [-0.2, -0.15) is 0 Å². The van der Waals surface area contributed by atoms with Crippen LogP contribution in [0.3, 0.4) is 0 Å². The second-order valence-corrected chi connectivity index (χ2v) is 15.5. The molecule has 0 unspecified atom stereocenters. The van der Waals surface area contributed by atoms with E-state index in [2.05, 4.69) is 166 Å². The fourth-order valence-electron chi connectivity index (χ4n) is 8.62. The zero-order chi connectivity index (χ0) is 37.4. The van der Waals surface area contributed by atoms with Crippen LogP contribution in [0.2, 0.25) is 0 Å². The Morgan fingerprint density at radius 2 is 0.782 bits per heavy atom. The molecule has 0 spiro atoms. The molecule has 8 aromatic rings. The maximum Gasteiger partial charge on any atom is 0.0711 e. The summed E-state index contributed by atoms with van der Waals surface area (Å²) in [4.78, 5) is 4.78. The first-order chi connectivity index (χ1) is 27.2. The minimum atomic E-state index is 1.03. The Labute approximate surface area is 328 Å². The number of benzene rings is 7. The number of pyridine rings is 1. The van der Waals surface area contributed by atoms with Crippen molar-refractivity contribution in [3.05, 3.63) is 163 Å². The van der Waals surface area contributed by atoms with E-state index in [1.54, 1.807) is 0 Å². The van der Waals surface area contributed by atoms with Crippen molar-refractivity contribution in [2.24, 2.45) is 0 Å². The SMILES string of the molecule is CCCCCCCCCCCCc1ccc(-c2ccc(-c3c4ccccc4c(-c4ccc(-c5cc(C)nc6ccccc56)cc4)c4ccccc34)cc2)cc1. The Hall–Kier alpha value is -5.53. The number of unbranched alkanes of at least 4 members (excludes halogenated alkanes) is 9. The summed E-state index contributed by atoms with van der Waals surface area (Å²) >= 11 is 0. The smallest absolute Gasteiger partial charge is 0.0711 e. The highest BCUT2D eigenvalue weighted by molar-refractivity contribution is 6.21. The van der Waals surface area contributed by atoms with Crippen LogP contribution in [0.15, 0.2) is 152 Å². The monoisotopic (exact) mass is 715 g/mol. The van der Waals surface area contributed by atoms with Crippen LogP contribution in [0.25, 0.3) is 77.0 Å². The van der Waals surface area contributed by atoms with Crippen molar-refractivity contribution in [3.8, 4) is 44.5 Å². The van der Waals surface area contributed by atoms with Crippen LogP contribution in [0.5, 0.6) is 0 Å². The summed E-state index contributed by atoms with van der Waals surface area (Å²) in [5.74, 6) is 0. The Kier molecular flexibility index (Phi) is 11.5. The molecule has 0 aliphatic rings. The van der Waals surface area contributed by atoms with Gasteiger partial charge in [-0.05, 0) is 104 Å². The topological polar surface area (TPSA) is 12.9 Å². The molecular weight excluding hydrogens is 663 g/mol. The lowest BCUT2D eigenvalue weighted by atomic mass is 9.85. The van der Waals surface area contributed by atoms with Gasteiger partial charge in [-0.3, -0.25) is 4.98 Å². The Morgan fingerprint density at radius 3 is 1.29 bits per heavy atom. The molecular formula is C54H53N. The summed E-state index contributed by atoms with van der Waals surface area (Å²) in [5, 5.41) is 6.29. The van der Waals surface area contributed by atoms with Crippen LogP contribution in [0, 0.1) is 6.92 Å². The quantitative estimate of drug-likeness (QED) is 0.0761.